The lowest BCUT2D eigenvalue weighted by atomic mass is 9.95. The van der Waals surface area contributed by atoms with Crippen LogP contribution in [0.2, 0.25) is 5.02 Å². The number of hydrogen-bond acceptors (Lipinski definition) is 4. The zero-order valence-corrected chi connectivity index (χ0v) is 19.9. The Balaban J connectivity index is 1.61. The van der Waals surface area contributed by atoms with Gasteiger partial charge >= 0.3 is 0 Å². The molecule has 4 aromatic carbocycles. The van der Waals surface area contributed by atoms with Gasteiger partial charge in [0.1, 0.15) is 17.3 Å². The van der Waals surface area contributed by atoms with E-state index in [0.29, 0.717) is 27.6 Å². The summed E-state index contributed by atoms with van der Waals surface area (Å²) in [6.45, 7) is 0.206. The molecule has 6 heteroatoms. The van der Waals surface area contributed by atoms with E-state index in [1.807, 2.05) is 66.7 Å². The van der Waals surface area contributed by atoms with Gasteiger partial charge in [-0.15, -0.1) is 0 Å². The molecule has 5 nitrogen and oxygen atoms in total. The highest BCUT2D eigenvalue weighted by Gasteiger charge is 2.46. The minimum Gasteiger partial charge on any atom is -0.507 e. The lowest BCUT2D eigenvalue weighted by molar-refractivity contribution is -0.140. The third-order valence-corrected chi connectivity index (χ3v) is 6.26. The predicted octanol–water partition coefficient (Wildman–Crippen LogP) is 6.75. The number of benzene rings is 4. The molecule has 1 amide bonds. The molecule has 0 bridgehead atoms. The minimum atomic E-state index is -0.805. The molecule has 36 heavy (non-hydrogen) atoms. The van der Waals surface area contributed by atoms with Crippen LogP contribution in [0.1, 0.15) is 22.7 Å². The molecule has 1 aliphatic heterocycles. The fourth-order valence-corrected chi connectivity index (χ4v) is 4.43. The Morgan fingerprint density at radius 2 is 1.44 bits per heavy atom. The first-order valence-corrected chi connectivity index (χ1v) is 11.8. The topological polar surface area (TPSA) is 66.8 Å². The second-order valence-electron chi connectivity index (χ2n) is 8.41. The Morgan fingerprint density at radius 1 is 0.806 bits per heavy atom. The van der Waals surface area contributed by atoms with Crippen LogP contribution in [0.15, 0.2) is 115 Å². The number of amides is 1. The number of ether oxygens (including phenoxy) is 1. The molecule has 1 heterocycles. The molecule has 5 rings (SSSR count). The van der Waals surface area contributed by atoms with Gasteiger partial charge in [0.05, 0.1) is 11.6 Å². The van der Waals surface area contributed by atoms with E-state index in [0.717, 1.165) is 5.56 Å². The molecule has 1 fully saturated rings. The molecular weight excluding hydrogens is 474 g/mol. The minimum absolute atomic E-state index is 0.0233. The number of nitrogens with zero attached hydrogens (tertiary/aromatic N) is 1. The van der Waals surface area contributed by atoms with Crippen LogP contribution in [0.5, 0.6) is 11.5 Å². The van der Waals surface area contributed by atoms with E-state index in [1.54, 1.807) is 42.5 Å². The average Bonchev–Trinajstić information content (AvgIpc) is 3.15. The van der Waals surface area contributed by atoms with Crippen molar-refractivity contribution < 1.29 is 19.4 Å². The number of halogens is 1. The second kappa shape index (κ2) is 10.1. The number of rotatable bonds is 6. The lowest BCUT2D eigenvalue weighted by Crippen LogP contribution is -2.29. The molecule has 178 valence electrons. The zero-order valence-electron chi connectivity index (χ0n) is 19.2. The number of para-hydroxylation sites is 1. The average molecular weight is 496 g/mol. The van der Waals surface area contributed by atoms with Crippen molar-refractivity contribution in [1.82, 2.24) is 4.90 Å². The van der Waals surface area contributed by atoms with Crippen molar-refractivity contribution in [2.24, 2.45) is 0 Å². The Morgan fingerprint density at radius 3 is 2.14 bits per heavy atom. The Bertz CT molecular complexity index is 1430. The first-order valence-electron chi connectivity index (χ1n) is 11.4. The highest BCUT2D eigenvalue weighted by atomic mass is 35.5. The standard InChI is InChI=1S/C30H22ClNO4/c31-23-16-14-21(15-17-23)28(33)26-27(32(30(35)29(26)34)19-20-8-3-1-4-9-20)22-10-7-13-25(18-22)36-24-11-5-2-6-12-24/h1-18,27,33H,19H2. The number of likely N-dealkylation sites (tertiary alicyclic amines) is 1. The zero-order chi connectivity index (χ0) is 25.1. The fourth-order valence-electron chi connectivity index (χ4n) is 4.31. The smallest absolute Gasteiger partial charge is 0.295 e. The number of aliphatic hydroxyl groups is 1. The quantitative estimate of drug-likeness (QED) is 0.182. The molecule has 0 aromatic heterocycles. The molecule has 1 aliphatic rings. The molecule has 4 aromatic rings. The van der Waals surface area contributed by atoms with E-state index in [-0.39, 0.29) is 17.9 Å². The van der Waals surface area contributed by atoms with Gasteiger partial charge in [-0.2, -0.15) is 0 Å². The van der Waals surface area contributed by atoms with Gasteiger partial charge in [0.15, 0.2) is 0 Å². The SMILES string of the molecule is O=C1C(=O)N(Cc2ccccc2)C(c2cccc(Oc3ccccc3)c2)C1=C(O)c1ccc(Cl)cc1. The summed E-state index contributed by atoms with van der Waals surface area (Å²) in [5.41, 5.74) is 1.94. The van der Waals surface area contributed by atoms with E-state index < -0.39 is 17.7 Å². The number of ketones is 1. The Hall–Kier alpha value is -4.35. The predicted molar refractivity (Wildman–Crippen MR) is 139 cm³/mol. The number of hydrogen-bond donors (Lipinski definition) is 1. The van der Waals surface area contributed by atoms with Gasteiger partial charge < -0.3 is 14.7 Å². The highest BCUT2D eigenvalue weighted by molar-refractivity contribution is 6.46. The van der Waals surface area contributed by atoms with Crippen molar-refractivity contribution >= 4 is 29.1 Å². The number of carbonyl (C=O) groups is 2. The molecule has 0 aliphatic carbocycles. The summed E-state index contributed by atoms with van der Waals surface area (Å²) >= 11 is 6.01. The van der Waals surface area contributed by atoms with E-state index in [1.165, 1.54) is 4.90 Å². The molecule has 1 N–H and O–H groups in total. The Labute approximate surface area is 213 Å². The molecule has 0 saturated carbocycles. The van der Waals surface area contributed by atoms with Crippen LogP contribution in [-0.2, 0) is 16.1 Å². The van der Waals surface area contributed by atoms with Gasteiger partial charge in [-0.25, -0.2) is 0 Å². The maximum atomic E-state index is 13.3. The van der Waals surface area contributed by atoms with Crippen LogP contribution in [0.25, 0.3) is 5.76 Å². The van der Waals surface area contributed by atoms with E-state index in [2.05, 4.69) is 0 Å². The van der Waals surface area contributed by atoms with Crippen molar-refractivity contribution in [3.8, 4) is 11.5 Å². The first-order chi connectivity index (χ1) is 17.5. The van der Waals surface area contributed by atoms with E-state index in [9.17, 15) is 14.7 Å². The van der Waals surface area contributed by atoms with E-state index >= 15 is 0 Å². The summed E-state index contributed by atoms with van der Waals surface area (Å²) in [6, 6.07) is 31.7. The van der Waals surface area contributed by atoms with E-state index in [4.69, 9.17) is 16.3 Å². The van der Waals surface area contributed by atoms with Crippen LogP contribution >= 0.6 is 11.6 Å². The third kappa shape index (κ3) is 4.74. The summed E-state index contributed by atoms with van der Waals surface area (Å²) in [4.78, 5) is 28.0. The normalized spacial score (nSPS) is 16.8. The van der Waals surface area contributed by atoms with Crippen LogP contribution in [0.4, 0.5) is 0 Å². The first kappa shape index (κ1) is 23.4. The van der Waals surface area contributed by atoms with Gasteiger partial charge in [-0.05, 0) is 59.7 Å². The third-order valence-electron chi connectivity index (χ3n) is 6.01. The molecular formula is C30H22ClNO4. The van der Waals surface area contributed by atoms with Crippen LogP contribution in [0, 0.1) is 0 Å². The largest absolute Gasteiger partial charge is 0.507 e. The van der Waals surface area contributed by atoms with Gasteiger partial charge in [0.2, 0.25) is 0 Å². The molecule has 0 radical (unpaired) electrons. The van der Waals surface area contributed by atoms with Crippen molar-refractivity contribution in [2.75, 3.05) is 0 Å². The van der Waals surface area contributed by atoms with Crippen molar-refractivity contribution in [1.29, 1.82) is 0 Å². The van der Waals surface area contributed by atoms with Gasteiger partial charge in [0, 0.05) is 17.1 Å². The van der Waals surface area contributed by atoms with Crippen LogP contribution < -0.4 is 4.74 Å². The number of carbonyl (C=O) groups excluding carboxylic acids is 2. The summed E-state index contributed by atoms with van der Waals surface area (Å²) in [6.07, 6.45) is 0. The molecule has 1 atom stereocenters. The van der Waals surface area contributed by atoms with Gasteiger partial charge in [-0.1, -0.05) is 72.3 Å². The van der Waals surface area contributed by atoms with Crippen LogP contribution in [-0.4, -0.2) is 21.7 Å². The number of Topliss-reactive ketones (excluding diaryl/α,β-unsaturated/α-hetero) is 1. The van der Waals surface area contributed by atoms with Gasteiger partial charge in [-0.3, -0.25) is 9.59 Å². The van der Waals surface area contributed by atoms with Crippen molar-refractivity contribution in [3.63, 3.8) is 0 Å². The molecule has 1 unspecified atom stereocenters. The number of aliphatic hydroxyl groups excluding tert-OH is 1. The summed E-state index contributed by atoms with van der Waals surface area (Å²) in [5, 5.41) is 11.7. The maximum absolute atomic E-state index is 13.3. The maximum Gasteiger partial charge on any atom is 0.295 e. The molecule has 0 spiro atoms. The lowest BCUT2D eigenvalue weighted by Gasteiger charge is -2.26. The second-order valence-corrected chi connectivity index (χ2v) is 8.84. The summed E-state index contributed by atoms with van der Waals surface area (Å²) < 4.78 is 6.00. The van der Waals surface area contributed by atoms with Crippen molar-refractivity contribution in [2.45, 2.75) is 12.6 Å². The molecule has 1 saturated heterocycles. The monoisotopic (exact) mass is 495 g/mol. The fraction of sp³-hybridized carbons (Fsp3) is 0.0667. The van der Waals surface area contributed by atoms with Crippen molar-refractivity contribution in [3.05, 3.63) is 136 Å². The van der Waals surface area contributed by atoms with Crippen LogP contribution in [0.3, 0.4) is 0 Å². The van der Waals surface area contributed by atoms with Gasteiger partial charge in [0.25, 0.3) is 11.7 Å². The highest BCUT2D eigenvalue weighted by Crippen LogP contribution is 2.41. The summed E-state index contributed by atoms with van der Waals surface area (Å²) in [7, 11) is 0. The Kier molecular flexibility index (Phi) is 6.56. The summed E-state index contributed by atoms with van der Waals surface area (Å²) in [5.74, 6) is -0.448.